The van der Waals surface area contributed by atoms with Crippen molar-refractivity contribution in [2.24, 2.45) is 0 Å². The lowest BCUT2D eigenvalue weighted by molar-refractivity contribution is 0.477. The highest BCUT2D eigenvalue weighted by atomic mass is 35.5. The van der Waals surface area contributed by atoms with Crippen molar-refractivity contribution in [1.29, 1.82) is 0 Å². The Morgan fingerprint density at radius 3 is 2.88 bits per heavy atom. The van der Waals surface area contributed by atoms with Crippen LogP contribution < -0.4 is 0 Å². The molecule has 0 amide bonds. The van der Waals surface area contributed by atoms with Crippen LogP contribution in [0.2, 0.25) is 4.34 Å². The van der Waals surface area contributed by atoms with Gasteiger partial charge in [0.05, 0.1) is 6.04 Å². The van der Waals surface area contributed by atoms with Gasteiger partial charge in [-0.1, -0.05) is 27.9 Å². The molecular formula is C7H9ClN6S2. The highest BCUT2D eigenvalue weighted by Crippen LogP contribution is 2.26. The van der Waals surface area contributed by atoms with Crippen LogP contribution in [-0.2, 0) is 5.75 Å². The van der Waals surface area contributed by atoms with Gasteiger partial charge in [-0.05, 0) is 24.3 Å². The van der Waals surface area contributed by atoms with Crippen molar-refractivity contribution in [3.8, 4) is 0 Å². The fourth-order valence-electron chi connectivity index (χ4n) is 1.02. The molecule has 0 saturated heterocycles. The summed E-state index contributed by atoms with van der Waals surface area (Å²) < 4.78 is 6.15. The van der Waals surface area contributed by atoms with Gasteiger partial charge >= 0.3 is 0 Å². The molecule has 0 aliphatic heterocycles. The van der Waals surface area contributed by atoms with E-state index in [1.165, 1.54) is 23.3 Å². The maximum atomic E-state index is 5.90. The van der Waals surface area contributed by atoms with E-state index in [9.17, 15) is 0 Å². The zero-order valence-electron chi connectivity index (χ0n) is 8.66. The first kappa shape index (κ1) is 11.7. The van der Waals surface area contributed by atoms with Crippen LogP contribution in [0.1, 0.15) is 25.6 Å². The van der Waals surface area contributed by atoms with Crippen LogP contribution in [0, 0.1) is 0 Å². The molecule has 9 heteroatoms. The van der Waals surface area contributed by atoms with E-state index in [-0.39, 0.29) is 6.04 Å². The lowest BCUT2D eigenvalue weighted by atomic mass is 10.4. The first-order chi connectivity index (χ1) is 7.68. The zero-order valence-corrected chi connectivity index (χ0v) is 11.1. The number of halogens is 1. The third kappa shape index (κ3) is 2.50. The first-order valence-corrected chi connectivity index (χ1v) is 6.69. The zero-order chi connectivity index (χ0) is 11.5. The fraction of sp³-hybridized carbons (Fsp3) is 0.571. The molecule has 0 aliphatic rings. The van der Waals surface area contributed by atoms with E-state index < -0.39 is 0 Å². The number of tetrazole rings is 1. The predicted octanol–water partition coefficient (Wildman–Crippen LogP) is 2.05. The number of nitrogens with zero attached hydrogens (tertiary/aromatic N) is 6. The molecule has 2 heterocycles. The highest BCUT2D eigenvalue weighted by Gasteiger charge is 2.12. The van der Waals surface area contributed by atoms with Gasteiger partial charge in [-0.15, -0.1) is 10.2 Å². The van der Waals surface area contributed by atoms with E-state index in [0.717, 1.165) is 10.9 Å². The molecule has 0 aliphatic carbocycles. The quantitative estimate of drug-likeness (QED) is 0.796. The molecule has 0 saturated carbocycles. The van der Waals surface area contributed by atoms with Gasteiger partial charge < -0.3 is 0 Å². The van der Waals surface area contributed by atoms with Gasteiger partial charge in [0, 0.05) is 17.3 Å². The van der Waals surface area contributed by atoms with E-state index in [1.54, 1.807) is 4.68 Å². The fourth-order valence-corrected chi connectivity index (χ4v) is 2.76. The summed E-state index contributed by atoms with van der Waals surface area (Å²) in [5, 5.41) is 16.2. The number of hydrogen-bond donors (Lipinski definition) is 0. The standard InChI is InChI=1S/C7H9ClN6S2/c1-4(2)14-7(10-11-12-14)15-3-5-6(8)16-13-9-5/h4H,3H2,1-2H3. The van der Waals surface area contributed by atoms with Crippen LogP contribution in [0.5, 0.6) is 0 Å². The Hall–Kier alpha value is -0.730. The second kappa shape index (κ2) is 5.07. The molecule has 0 unspecified atom stereocenters. The van der Waals surface area contributed by atoms with E-state index in [1.807, 2.05) is 13.8 Å². The number of hydrogen-bond acceptors (Lipinski definition) is 7. The van der Waals surface area contributed by atoms with Crippen molar-refractivity contribution < 1.29 is 0 Å². The van der Waals surface area contributed by atoms with Crippen molar-refractivity contribution in [3.05, 3.63) is 10.0 Å². The maximum absolute atomic E-state index is 5.90. The van der Waals surface area contributed by atoms with Crippen LogP contribution >= 0.6 is 34.9 Å². The molecule has 0 atom stereocenters. The van der Waals surface area contributed by atoms with Gasteiger partial charge in [-0.3, -0.25) is 0 Å². The molecule has 0 fully saturated rings. The lowest BCUT2D eigenvalue weighted by Gasteiger charge is -2.05. The molecule has 0 N–H and O–H groups in total. The minimum Gasteiger partial charge on any atom is -0.218 e. The van der Waals surface area contributed by atoms with Crippen molar-refractivity contribution in [1.82, 2.24) is 29.8 Å². The first-order valence-electron chi connectivity index (χ1n) is 4.56. The van der Waals surface area contributed by atoms with Crippen molar-refractivity contribution in [2.75, 3.05) is 0 Å². The SMILES string of the molecule is CC(C)n1nnnc1SCc1nnsc1Cl. The molecule has 0 spiro atoms. The lowest BCUT2D eigenvalue weighted by Crippen LogP contribution is -2.04. The summed E-state index contributed by atoms with van der Waals surface area (Å²) in [6, 6.07) is 0.238. The Balaban J connectivity index is 2.05. The van der Waals surface area contributed by atoms with Gasteiger partial charge in [-0.25, -0.2) is 4.68 Å². The van der Waals surface area contributed by atoms with Gasteiger partial charge in [0.25, 0.3) is 0 Å². The van der Waals surface area contributed by atoms with Gasteiger partial charge in [0.2, 0.25) is 5.16 Å². The summed E-state index contributed by atoms with van der Waals surface area (Å²) >= 11 is 8.59. The molecule has 86 valence electrons. The molecule has 0 radical (unpaired) electrons. The molecule has 0 bridgehead atoms. The van der Waals surface area contributed by atoms with Crippen molar-refractivity contribution in [2.45, 2.75) is 30.8 Å². The largest absolute Gasteiger partial charge is 0.218 e. The van der Waals surface area contributed by atoms with Crippen LogP contribution in [0.4, 0.5) is 0 Å². The number of aromatic nitrogens is 6. The smallest absolute Gasteiger partial charge is 0.209 e. The Morgan fingerprint density at radius 1 is 1.44 bits per heavy atom. The minimum atomic E-state index is 0.238. The molecule has 6 nitrogen and oxygen atoms in total. The molecular weight excluding hydrogens is 268 g/mol. The highest BCUT2D eigenvalue weighted by molar-refractivity contribution is 7.98. The summed E-state index contributed by atoms with van der Waals surface area (Å²) in [5.41, 5.74) is 0.773. The minimum absolute atomic E-state index is 0.238. The Kier molecular flexibility index (Phi) is 3.72. The van der Waals surface area contributed by atoms with Gasteiger partial charge in [-0.2, -0.15) is 0 Å². The third-order valence-corrected chi connectivity index (χ3v) is 3.73. The second-order valence-corrected chi connectivity index (χ2v) is 5.58. The van der Waals surface area contributed by atoms with Crippen molar-refractivity contribution in [3.63, 3.8) is 0 Å². The van der Waals surface area contributed by atoms with E-state index >= 15 is 0 Å². The average molecular weight is 277 g/mol. The molecule has 2 rings (SSSR count). The Labute approximate surface area is 106 Å². The average Bonchev–Trinajstić information content (AvgIpc) is 2.83. The van der Waals surface area contributed by atoms with Crippen LogP contribution in [0.3, 0.4) is 0 Å². The summed E-state index contributed by atoms with van der Waals surface area (Å²) in [6.07, 6.45) is 0. The summed E-state index contributed by atoms with van der Waals surface area (Å²) in [6.45, 7) is 4.05. The summed E-state index contributed by atoms with van der Waals surface area (Å²) in [5.74, 6) is 0.627. The van der Waals surface area contributed by atoms with Gasteiger partial charge in [0.15, 0.2) is 0 Å². The Bertz CT molecular complexity index is 467. The summed E-state index contributed by atoms with van der Waals surface area (Å²) in [7, 11) is 0. The normalized spacial score (nSPS) is 11.2. The van der Waals surface area contributed by atoms with Crippen LogP contribution in [-0.4, -0.2) is 29.8 Å². The molecule has 2 aromatic heterocycles. The number of rotatable bonds is 4. The predicted molar refractivity (Wildman–Crippen MR) is 62.7 cm³/mol. The van der Waals surface area contributed by atoms with Crippen molar-refractivity contribution >= 4 is 34.9 Å². The van der Waals surface area contributed by atoms with E-state index in [2.05, 4.69) is 25.1 Å². The monoisotopic (exact) mass is 276 g/mol. The molecule has 0 aromatic carbocycles. The maximum Gasteiger partial charge on any atom is 0.209 e. The third-order valence-electron chi connectivity index (χ3n) is 1.80. The van der Waals surface area contributed by atoms with Crippen LogP contribution in [0.25, 0.3) is 0 Å². The number of thioether (sulfide) groups is 1. The summed E-state index contributed by atoms with van der Waals surface area (Å²) in [4.78, 5) is 0. The van der Waals surface area contributed by atoms with E-state index in [0.29, 0.717) is 10.1 Å². The van der Waals surface area contributed by atoms with Crippen LogP contribution in [0.15, 0.2) is 5.16 Å². The van der Waals surface area contributed by atoms with E-state index in [4.69, 9.17) is 11.6 Å². The van der Waals surface area contributed by atoms with Gasteiger partial charge in [0.1, 0.15) is 10.0 Å². The molecule has 16 heavy (non-hydrogen) atoms. The Morgan fingerprint density at radius 2 is 2.25 bits per heavy atom. The second-order valence-electron chi connectivity index (χ2n) is 3.28. The molecule has 2 aromatic rings. The topological polar surface area (TPSA) is 69.4 Å².